The highest BCUT2D eigenvalue weighted by Crippen LogP contribution is 2.21. The zero-order valence-electron chi connectivity index (χ0n) is 6.73. The molecule has 2 nitrogen and oxygen atoms in total. The van der Waals surface area contributed by atoms with E-state index in [1.54, 1.807) is 0 Å². The Hall–Kier alpha value is -0.730. The Bertz CT molecular complexity index is 286. The second-order valence-electron chi connectivity index (χ2n) is 2.91. The summed E-state index contributed by atoms with van der Waals surface area (Å²) in [5.41, 5.74) is 2.45. The zero-order valence-corrected chi connectivity index (χ0v) is 7.49. The summed E-state index contributed by atoms with van der Waals surface area (Å²) >= 11 is 5.87. The molecule has 0 atom stereocenters. The van der Waals surface area contributed by atoms with E-state index < -0.39 is 0 Å². The van der Waals surface area contributed by atoms with Gasteiger partial charge in [-0.05, 0) is 23.8 Å². The first kappa shape index (κ1) is 7.90. The van der Waals surface area contributed by atoms with Crippen LogP contribution < -0.4 is 10.6 Å². The molecule has 0 saturated heterocycles. The topological polar surface area (TPSA) is 24.1 Å². The Morgan fingerprint density at radius 3 is 3.08 bits per heavy atom. The molecule has 0 spiro atoms. The molecule has 1 aliphatic heterocycles. The molecule has 0 radical (unpaired) electrons. The molecule has 64 valence electrons. The quantitative estimate of drug-likeness (QED) is 0.640. The summed E-state index contributed by atoms with van der Waals surface area (Å²) in [5.74, 6) is 0. The van der Waals surface area contributed by atoms with E-state index in [2.05, 4.69) is 10.6 Å². The maximum absolute atomic E-state index is 5.87. The molecule has 1 aromatic carbocycles. The first-order valence-electron chi connectivity index (χ1n) is 4.09. The number of hydrogen-bond donors (Lipinski definition) is 2. The van der Waals surface area contributed by atoms with E-state index in [-0.39, 0.29) is 0 Å². The Morgan fingerprint density at radius 2 is 2.17 bits per heavy atom. The van der Waals surface area contributed by atoms with Gasteiger partial charge in [0.1, 0.15) is 0 Å². The largest absolute Gasteiger partial charge is 0.384 e. The first-order chi connectivity index (χ1) is 5.86. The lowest BCUT2D eigenvalue weighted by atomic mass is 10.2. The molecule has 1 aliphatic rings. The molecule has 3 heteroatoms. The predicted octanol–water partition coefficient (Wildman–Crippen LogP) is 1.86. The molecular weight excluding hydrogens is 172 g/mol. The fourth-order valence-corrected chi connectivity index (χ4v) is 1.58. The first-order valence-corrected chi connectivity index (χ1v) is 4.47. The molecule has 0 amide bonds. The summed E-state index contributed by atoms with van der Waals surface area (Å²) < 4.78 is 0. The van der Waals surface area contributed by atoms with Crippen molar-refractivity contribution in [2.24, 2.45) is 0 Å². The van der Waals surface area contributed by atoms with E-state index in [9.17, 15) is 0 Å². The Labute approximate surface area is 76.9 Å². The third-order valence-corrected chi connectivity index (χ3v) is 2.24. The van der Waals surface area contributed by atoms with Crippen molar-refractivity contribution in [1.82, 2.24) is 5.32 Å². The van der Waals surface area contributed by atoms with Crippen molar-refractivity contribution in [1.29, 1.82) is 0 Å². The van der Waals surface area contributed by atoms with Gasteiger partial charge in [-0.3, -0.25) is 0 Å². The van der Waals surface area contributed by atoms with Crippen molar-refractivity contribution < 1.29 is 0 Å². The van der Waals surface area contributed by atoms with Crippen LogP contribution >= 0.6 is 11.6 Å². The van der Waals surface area contributed by atoms with Crippen LogP contribution in [0.15, 0.2) is 18.2 Å². The lowest BCUT2D eigenvalue weighted by Crippen LogP contribution is -2.16. The minimum Gasteiger partial charge on any atom is -0.384 e. The predicted molar refractivity (Wildman–Crippen MR) is 51.6 cm³/mol. The second-order valence-corrected chi connectivity index (χ2v) is 3.34. The lowest BCUT2D eigenvalue weighted by Gasteiger charge is -2.06. The standard InChI is InChI=1S/C9H11ClN2/c10-8-1-2-9-7(5-8)6-11-3-4-12-9/h1-2,5,11-12H,3-4,6H2. The molecule has 0 aliphatic carbocycles. The monoisotopic (exact) mass is 182 g/mol. The minimum absolute atomic E-state index is 0.805. The molecule has 0 unspecified atom stereocenters. The van der Waals surface area contributed by atoms with Gasteiger partial charge in [-0.2, -0.15) is 0 Å². The fourth-order valence-electron chi connectivity index (χ4n) is 1.39. The van der Waals surface area contributed by atoms with Crippen molar-refractivity contribution in [3.05, 3.63) is 28.8 Å². The number of rotatable bonds is 0. The molecule has 2 rings (SSSR count). The van der Waals surface area contributed by atoms with E-state index in [0.29, 0.717) is 0 Å². The van der Waals surface area contributed by atoms with E-state index in [1.165, 1.54) is 11.3 Å². The summed E-state index contributed by atoms with van der Waals surface area (Å²) in [5, 5.41) is 7.45. The summed E-state index contributed by atoms with van der Waals surface area (Å²) in [6.45, 7) is 2.89. The number of nitrogens with one attached hydrogen (secondary N) is 2. The van der Waals surface area contributed by atoms with Crippen molar-refractivity contribution >= 4 is 17.3 Å². The van der Waals surface area contributed by atoms with Gasteiger partial charge >= 0.3 is 0 Å². The average Bonchev–Trinajstić information content (AvgIpc) is 2.28. The molecule has 12 heavy (non-hydrogen) atoms. The zero-order chi connectivity index (χ0) is 8.39. The summed E-state index contributed by atoms with van der Waals surface area (Å²) in [4.78, 5) is 0. The van der Waals surface area contributed by atoms with Crippen LogP contribution in [0.25, 0.3) is 0 Å². The van der Waals surface area contributed by atoms with Crippen LogP contribution in [0.5, 0.6) is 0 Å². The Balaban J connectivity index is 2.36. The van der Waals surface area contributed by atoms with E-state index in [1.807, 2.05) is 18.2 Å². The Kier molecular flexibility index (Phi) is 2.19. The molecule has 0 fully saturated rings. The van der Waals surface area contributed by atoms with E-state index in [0.717, 1.165) is 24.7 Å². The number of anilines is 1. The number of halogens is 1. The summed E-state index contributed by atoms with van der Waals surface area (Å²) in [6.07, 6.45) is 0. The molecular formula is C9H11ClN2. The van der Waals surface area contributed by atoms with Gasteiger partial charge in [0.05, 0.1) is 0 Å². The normalized spacial score (nSPS) is 16.1. The smallest absolute Gasteiger partial charge is 0.0410 e. The number of hydrogen-bond acceptors (Lipinski definition) is 2. The molecule has 1 aromatic rings. The molecule has 0 bridgehead atoms. The molecule has 2 N–H and O–H groups in total. The van der Waals surface area contributed by atoms with Crippen molar-refractivity contribution in [3.8, 4) is 0 Å². The van der Waals surface area contributed by atoms with Crippen molar-refractivity contribution in [2.45, 2.75) is 6.54 Å². The fraction of sp³-hybridized carbons (Fsp3) is 0.333. The summed E-state index contributed by atoms with van der Waals surface area (Å²) in [6, 6.07) is 5.95. The number of benzene rings is 1. The molecule has 0 aromatic heterocycles. The van der Waals surface area contributed by atoms with Gasteiger partial charge in [0.2, 0.25) is 0 Å². The lowest BCUT2D eigenvalue weighted by molar-refractivity contribution is 0.725. The third-order valence-electron chi connectivity index (χ3n) is 2.00. The SMILES string of the molecule is Clc1ccc2c(c1)CNCCN2. The van der Waals surface area contributed by atoms with Crippen molar-refractivity contribution in [3.63, 3.8) is 0 Å². The van der Waals surface area contributed by atoms with Crippen LogP contribution in [0.4, 0.5) is 5.69 Å². The van der Waals surface area contributed by atoms with Crippen LogP contribution in [-0.2, 0) is 6.54 Å². The average molecular weight is 183 g/mol. The highest BCUT2D eigenvalue weighted by atomic mass is 35.5. The third kappa shape index (κ3) is 1.54. The summed E-state index contributed by atoms with van der Waals surface area (Å²) in [7, 11) is 0. The van der Waals surface area contributed by atoms with Gasteiger partial charge in [0.25, 0.3) is 0 Å². The maximum Gasteiger partial charge on any atom is 0.0410 e. The van der Waals surface area contributed by atoms with Gasteiger partial charge in [-0.25, -0.2) is 0 Å². The van der Waals surface area contributed by atoms with Gasteiger partial charge < -0.3 is 10.6 Å². The molecule has 1 heterocycles. The minimum atomic E-state index is 0.805. The van der Waals surface area contributed by atoms with E-state index >= 15 is 0 Å². The van der Waals surface area contributed by atoms with Crippen LogP contribution in [0.3, 0.4) is 0 Å². The van der Waals surface area contributed by atoms with Crippen LogP contribution in [0, 0.1) is 0 Å². The van der Waals surface area contributed by atoms with Crippen LogP contribution in [0.1, 0.15) is 5.56 Å². The van der Waals surface area contributed by atoms with Crippen LogP contribution in [-0.4, -0.2) is 13.1 Å². The Morgan fingerprint density at radius 1 is 1.25 bits per heavy atom. The van der Waals surface area contributed by atoms with Gasteiger partial charge in [0.15, 0.2) is 0 Å². The maximum atomic E-state index is 5.87. The number of fused-ring (bicyclic) bond motifs is 1. The van der Waals surface area contributed by atoms with Crippen molar-refractivity contribution in [2.75, 3.05) is 18.4 Å². The van der Waals surface area contributed by atoms with Gasteiger partial charge in [-0.15, -0.1) is 0 Å². The molecule has 0 saturated carbocycles. The highest BCUT2D eigenvalue weighted by Gasteiger charge is 2.05. The highest BCUT2D eigenvalue weighted by molar-refractivity contribution is 6.30. The van der Waals surface area contributed by atoms with E-state index in [4.69, 9.17) is 11.6 Å². The van der Waals surface area contributed by atoms with Gasteiger partial charge in [-0.1, -0.05) is 11.6 Å². The second kappa shape index (κ2) is 3.33. The van der Waals surface area contributed by atoms with Crippen LogP contribution in [0.2, 0.25) is 5.02 Å². The van der Waals surface area contributed by atoms with Gasteiger partial charge in [0, 0.05) is 30.3 Å².